The summed E-state index contributed by atoms with van der Waals surface area (Å²) >= 11 is 0. The minimum Gasteiger partial charge on any atom is -0.488 e. The number of ether oxygens (including phenoxy) is 1. The number of halogens is 1. The number of aromatic nitrogens is 4. The van der Waals surface area contributed by atoms with Crippen LogP contribution >= 0.6 is 0 Å². The summed E-state index contributed by atoms with van der Waals surface area (Å²) < 4.78 is 27.2. The van der Waals surface area contributed by atoms with E-state index in [4.69, 9.17) is 14.2 Å². The van der Waals surface area contributed by atoms with Crippen molar-refractivity contribution in [1.29, 1.82) is 0 Å². The van der Waals surface area contributed by atoms with E-state index in [2.05, 4.69) is 14.7 Å². The summed E-state index contributed by atoms with van der Waals surface area (Å²) in [6, 6.07) is 17.6. The fourth-order valence-corrected chi connectivity index (χ4v) is 6.05. The first-order valence-corrected chi connectivity index (χ1v) is 14.2. The van der Waals surface area contributed by atoms with E-state index >= 15 is 0 Å². The number of hydrogen-bond acceptors (Lipinski definition) is 6. The molecular formula is C33H32FN5O5. The van der Waals surface area contributed by atoms with E-state index in [0.29, 0.717) is 29.3 Å². The van der Waals surface area contributed by atoms with Crippen molar-refractivity contribution >= 4 is 28.3 Å². The molecule has 2 aromatic heterocycles. The number of nitrogens with one attached hydrogen (secondary N) is 1. The second-order valence-electron chi connectivity index (χ2n) is 12.1. The van der Waals surface area contributed by atoms with Crippen molar-refractivity contribution in [2.24, 2.45) is 5.41 Å². The number of imidazole rings is 1. The number of carbonyl (C=O) groups is 1. The first kappa shape index (κ1) is 28.9. The van der Waals surface area contributed by atoms with Gasteiger partial charge in [0.2, 0.25) is 0 Å². The van der Waals surface area contributed by atoms with Crippen LogP contribution < -0.4 is 10.5 Å². The van der Waals surface area contributed by atoms with Gasteiger partial charge in [-0.1, -0.05) is 50.2 Å². The average molecular weight is 598 g/mol. The lowest BCUT2D eigenvalue weighted by molar-refractivity contribution is 0.0930. The lowest BCUT2D eigenvalue weighted by atomic mass is 9.85. The molecule has 11 heteroatoms. The molecule has 44 heavy (non-hydrogen) atoms. The fraction of sp³-hybridized carbons (Fsp3) is 0.273. The number of rotatable bonds is 5. The van der Waals surface area contributed by atoms with Gasteiger partial charge in [0.15, 0.2) is 5.82 Å². The van der Waals surface area contributed by atoms with Gasteiger partial charge < -0.3 is 19.3 Å². The van der Waals surface area contributed by atoms with E-state index < -0.39 is 29.1 Å². The molecule has 0 radical (unpaired) electrons. The van der Waals surface area contributed by atoms with Gasteiger partial charge in [0, 0.05) is 30.8 Å². The third kappa shape index (κ3) is 5.14. The van der Waals surface area contributed by atoms with Gasteiger partial charge in [0.05, 0.1) is 17.1 Å². The predicted octanol–water partition coefficient (Wildman–Crippen LogP) is 6.47. The topological polar surface area (TPSA) is 126 Å². The van der Waals surface area contributed by atoms with Crippen molar-refractivity contribution < 1.29 is 23.6 Å². The van der Waals surface area contributed by atoms with E-state index in [1.54, 1.807) is 13.1 Å². The summed E-state index contributed by atoms with van der Waals surface area (Å²) in [6.45, 7) is 8.40. The predicted molar refractivity (Wildman–Crippen MR) is 163 cm³/mol. The molecule has 0 aliphatic carbocycles. The van der Waals surface area contributed by atoms with Crippen LogP contribution in [0, 0.1) is 11.2 Å². The molecule has 3 heterocycles. The number of allylic oxidation sites excluding steroid dienone is 1. The van der Waals surface area contributed by atoms with Crippen molar-refractivity contribution in [3.05, 3.63) is 111 Å². The number of hydrogen-bond donors (Lipinski definition) is 2. The Labute approximate surface area is 252 Å². The summed E-state index contributed by atoms with van der Waals surface area (Å²) in [5, 5.41) is 13.8. The van der Waals surface area contributed by atoms with Crippen LogP contribution in [-0.2, 0) is 13.2 Å². The second kappa shape index (κ2) is 10.8. The Balaban J connectivity index is 1.50. The maximum atomic E-state index is 14.3. The third-order valence-corrected chi connectivity index (χ3v) is 7.98. The Hall–Kier alpha value is -5.19. The highest BCUT2D eigenvalue weighted by Crippen LogP contribution is 2.42. The molecule has 6 rings (SSSR count). The Morgan fingerprint density at radius 2 is 1.89 bits per heavy atom. The van der Waals surface area contributed by atoms with E-state index in [-0.39, 0.29) is 12.4 Å². The van der Waals surface area contributed by atoms with Gasteiger partial charge in [0.1, 0.15) is 24.0 Å². The summed E-state index contributed by atoms with van der Waals surface area (Å²) in [5.41, 5.74) is 5.86. The minimum absolute atomic E-state index is 0.176. The molecular weight excluding hydrogens is 565 g/mol. The van der Waals surface area contributed by atoms with E-state index in [9.17, 15) is 19.1 Å². The lowest BCUT2D eigenvalue weighted by Gasteiger charge is -2.36. The molecule has 226 valence electrons. The number of H-pyrrole nitrogens is 1. The van der Waals surface area contributed by atoms with Crippen LogP contribution in [0.25, 0.3) is 22.2 Å². The second-order valence-corrected chi connectivity index (χ2v) is 12.1. The standard InChI is InChI=1S/C33H32FN5O5/c1-18(29-36-31(40)44-37-29)27-22-12-10-19(14-20(22)17-43-26-15-21(34)11-13-23(26)27)16-39-25-9-7-6-8-24(25)35-30(39)28(33(2,3)4)38(5)32(41)42/h6-15,28H,16-17H2,1-5H3,(H,41,42)(H,36,37,40)/b27-18+. The number of nitrogens with zero attached hydrogens (tertiary/aromatic N) is 4. The number of amides is 1. The van der Waals surface area contributed by atoms with Crippen LogP contribution in [0.1, 0.15) is 67.6 Å². The Kier molecular flexibility index (Phi) is 7.11. The van der Waals surface area contributed by atoms with Crippen LogP contribution in [-0.4, -0.2) is 42.8 Å². The van der Waals surface area contributed by atoms with Gasteiger partial charge in [-0.15, -0.1) is 0 Å². The highest BCUT2D eigenvalue weighted by atomic mass is 19.1. The normalized spacial score (nSPS) is 14.8. The molecule has 3 aromatic carbocycles. The average Bonchev–Trinajstić information content (AvgIpc) is 3.51. The van der Waals surface area contributed by atoms with Crippen LogP contribution in [0.2, 0.25) is 0 Å². The fourth-order valence-electron chi connectivity index (χ4n) is 6.05. The molecule has 0 saturated carbocycles. The Bertz CT molecular complexity index is 2000. The summed E-state index contributed by atoms with van der Waals surface area (Å²) in [4.78, 5) is 32.8. The smallest absolute Gasteiger partial charge is 0.439 e. The molecule has 1 unspecified atom stereocenters. The maximum absolute atomic E-state index is 14.3. The molecule has 1 amide bonds. The van der Waals surface area contributed by atoms with Gasteiger partial charge in [-0.25, -0.2) is 19.0 Å². The van der Waals surface area contributed by atoms with Gasteiger partial charge in [-0.05, 0) is 64.9 Å². The van der Waals surface area contributed by atoms with Crippen molar-refractivity contribution in [3.63, 3.8) is 0 Å². The van der Waals surface area contributed by atoms with Gasteiger partial charge in [0.25, 0.3) is 0 Å². The van der Waals surface area contributed by atoms with E-state index in [1.807, 2.05) is 70.2 Å². The van der Waals surface area contributed by atoms with Crippen LogP contribution in [0.4, 0.5) is 9.18 Å². The first-order chi connectivity index (χ1) is 20.9. The molecule has 0 spiro atoms. The van der Waals surface area contributed by atoms with Crippen molar-refractivity contribution in [1.82, 2.24) is 24.6 Å². The van der Waals surface area contributed by atoms with Crippen molar-refractivity contribution in [2.75, 3.05) is 7.05 Å². The van der Waals surface area contributed by atoms with Gasteiger partial charge in [-0.3, -0.25) is 9.51 Å². The zero-order valence-corrected chi connectivity index (χ0v) is 25.0. The Morgan fingerprint density at radius 1 is 1.14 bits per heavy atom. The molecule has 10 nitrogen and oxygen atoms in total. The molecule has 1 aliphatic rings. The maximum Gasteiger partial charge on any atom is 0.439 e. The number of carboxylic acid groups (broad SMARTS) is 1. The van der Waals surface area contributed by atoms with Crippen LogP contribution in [0.5, 0.6) is 5.75 Å². The minimum atomic E-state index is -1.04. The summed E-state index contributed by atoms with van der Waals surface area (Å²) in [7, 11) is 1.57. The van der Waals surface area contributed by atoms with Crippen molar-refractivity contribution in [3.8, 4) is 5.75 Å². The highest BCUT2D eigenvalue weighted by molar-refractivity contribution is 5.99. The van der Waals surface area contributed by atoms with E-state index in [1.165, 1.54) is 17.0 Å². The number of fused-ring (bicyclic) bond motifs is 3. The number of para-hydroxylation sites is 2. The molecule has 5 aromatic rings. The molecule has 1 atom stereocenters. The number of benzene rings is 3. The SMILES string of the molecule is C/C(=C1/c2ccc(Cn3c(C(N(C)C(=O)O)C(C)(C)C)nc4ccccc43)cc2COc2cc(F)ccc21)c1noc(=O)[nH]1. The molecule has 0 bridgehead atoms. The Morgan fingerprint density at radius 3 is 2.59 bits per heavy atom. The number of aromatic amines is 1. The first-order valence-electron chi connectivity index (χ1n) is 14.2. The lowest BCUT2D eigenvalue weighted by Crippen LogP contribution is -2.39. The van der Waals surface area contributed by atoms with Gasteiger partial charge >= 0.3 is 11.8 Å². The summed E-state index contributed by atoms with van der Waals surface area (Å²) in [6.07, 6.45) is -1.04. The third-order valence-electron chi connectivity index (χ3n) is 7.98. The molecule has 2 N–H and O–H groups in total. The quantitative estimate of drug-likeness (QED) is 0.238. The highest BCUT2D eigenvalue weighted by Gasteiger charge is 2.37. The van der Waals surface area contributed by atoms with Gasteiger partial charge in [-0.2, -0.15) is 0 Å². The zero-order chi connectivity index (χ0) is 31.3. The zero-order valence-electron chi connectivity index (χ0n) is 25.0. The molecule has 0 saturated heterocycles. The van der Waals surface area contributed by atoms with E-state index in [0.717, 1.165) is 33.3 Å². The monoisotopic (exact) mass is 597 g/mol. The van der Waals surface area contributed by atoms with Crippen LogP contribution in [0.3, 0.4) is 0 Å². The summed E-state index contributed by atoms with van der Waals surface area (Å²) in [5.74, 6) is 0.175. The molecule has 1 aliphatic heterocycles. The molecule has 0 fully saturated rings. The van der Waals surface area contributed by atoms with Crippen molar-refractivity contribution in [2.45, 2.75) is 46.9 Å². The largest absolute Gasteiger partial charge is 0.488 e. The van der Waals surface area contributed by atoms with Crippen LogP contribution in [0.15, 0.2) is 70.0 Å².